The molecule has 0 radical (unpaired) electrons. The van der Waals surface area contributed by atoms with E-state index >= 15 is 0 Å². The number of aliphatic hydroxyl groups excluding tert-OH is 1. The Morgan fingerprint density at radius 3 is 2.44 bits per heavy atom. The Labute approximate surface area is 144 Å². The van der Waals surface area contributed by atoms with Crippen LogP contribution in [0, 0.1) is 0 Å². The second-order valence-electron chi connectivity index (χ2n) is 5.79. The van der Waals surface area contributed by atoms with Gasteiger partial charge in [0.05, 0.1) is 12.4 Å². The lowest BCUT2D eigenvalue weighted by molar-refractivity contribution is -0.142. The van der Waals surface area contributed by atoms with Crippen molar-refractivity contribution in [2.75, 3.05) is 13.1 Å². The molecule has 1 aromatic carbocycles. The quantitative estimate of drug-likeness (QED) is 0.770. The highest BCUT2D eigenvalue weighted by Gasteiger charge is 2.30. The molecule has 1 aromatic heterocycles. The van der Waals surface area contributed by atoms with Crippen molar-refractivity contribution in [1.82, 2.24) is 10.2 Å². The Morgan fingerprint density at radius 1 is 1.16 bits per heavy atom. The van der Waals surface area contributed by atoms with Gasteiger partial charge >= 0.3 is 0 Å². The van der Waals surface area contributed by atoms with E-state index in [1.165, 1.54) is 0 Å². The summed E-state index contributed by atoms with van der Waals surface area (Å²) in [6, 6.07) is 10.8. The second-order valence-corrected chi connectivity index (χ2v) is 5.79. The average molecular weight is 342 g/mol. The lowest BCUT2D eigenvalue weighted by Crippen LogP contribution is -2.41. The van der Waals surface area contributed by atoms with Crippen molar-refractivity contribution in [3.63, 3.8) is 0 Å². The van der Waals surface area contributed by atoms with Crippen LogP contribution in [-0.2, 0) is 14.4 Å². The molecule has 1 aliphatic heterocycles. The van der Waals surface area contributed by atoms with Gasteiger partial charge in [-0.25, -0.2) is 0 Å². The second kappa shape index (κ2) is 7.31. The van der Waals surface area contributed by atoms with E-state index < -0.39 is 12.0 Å². The topological polar surface area (TPSA) is 99.9 Å². The van der Waals surface area contributed by atoms with Crippen molar-refractivity contribution >= 4 is 17.7 Å². The fourth-order valence-corrected chi connectivity index (χ4v) is 2.64. The van der Waals surface area contributed by atoms with Crippen LogP contribution in [0.3, 0.4) is 0 Å². The SMILES string of the molecule is O=C(CN1C(=O)CCC1=O)NCC(O)c1ccc(-c2ccco2)cc1. The third kappa shape index (κ3) is 3.95. The molecule has 1 atom stereocenters. The first-order valence-electron chi connectivity index (χ1n) is 7.96. The van der Waals surface area contributed by atoms with Crippen molar-refractivity contribution in [2.45, 2.75) is 18.9 Å². The number of furan rings is 1. The number of hydrogen-bond donors (Lipinski definition) is 2. The van der Waals surface area contributed by atoms with E-state index in [1.807, 2.05) is 18.2 Å². The van der Waals surface area contributed by atoms with Crippen molar-refractivity contribution < 1.29 is 23.9 Å². The molecule has 25 heavy (non-hydrogen) atoms. The summed E-state index contributed by atoms with van der Waals surface area (Å²) < 4.78 is 5.30. The number of benzene rings is 1. The third-order valence-electron chi connectivity index (χ3n) is 4.05. The standard InChI is InChI=1S/C18H18N2O5/c21-14(10-19-16(22)11-20-17(23)7-8-18(20)24)12-3-5-13(6-4-12)15-2-1-9-25-15/h1-6,9,14,21H,7-8,10-11H2,(H,19,22). The lowest BCUT2D eigenvalue weighted by Gasteiger charge is -2.16. The maximum Gasteiger partial charge on any atom is 0.240 e. The molecule has 7 heteroatoms. The summed E-state index contributed by atoms with van der Waals surface area (Å²) in [4.78, 5) is 35.8. The molecular formula is C18H18N2O5. The Kier molecular flexibility index (Phi) is 4.95. The maximum atomic E-state index is 11.9. The van der Waals surface area contributed by atoms with Gasteiger partial charge < -0.3 is 14.8 Å². The first kappa shape index (κ1) is 16.9. The minimum absolute atomic E-state index is 0.00481. The predicted molar refractivity (Wildman–Crippen MR) is 88.1 cm³/mol. The summed E-state index contributed by atoms with van der Waals surface area (Å²) in [5, 5.41) is 12.7. The molecule has 0 spiro atoms. The van der Waals surface area contributed by atoms with Crippen LogP contribution in [-0.4, -0.2) is 40.8 Å². The average Bonchev–Trinajstić information content (AvgIpc) is 3.26. The number of nitrogens with one attached hydrogen (secondary N) is 1. The van der Waals surface area contributed by atoms with Crippen LogP contribution in [0.1, 0.15) is 24.5 Å². The van der Waals surface area contributed by atoms with Crippen LogP contribution in [0.2, 0.25) is 0 Å². The largest absolute Gasteiger partial charge is 0.464 e. The summed E-state index contributed by atoms with van der Waals surface area (Å²) in [6.45, 7) is -0.309. The third-order valence-corrected chi connectivity index (χ3v) is 4.05. The Balaban J connectivity index is 1.52. The van der Waals surface area contributed by atoms with Crippen LogP contribution >= 0.6 is 0 Å². The number of hydrogen-bond acceptors (Lipinski definition) is 5. The normalized spacial score (nSPS) is 15.5. The lowest BCUT2D eigenvalue weighted by atomic mass is 10.1. The number of aliphatic hydroxyl groups is 1. The zero-order valence-electron chi connectivity index (χ0n) is 13.5. The van der Waals surface area contributed by atoms with Gasteiger partial charge in [-0.05, 0) is 17.7 Å². The summed E-state index contributed by atoms with van der Waals surface area (Å²) in [5.74, 6) is -0.424. The van der Waals surface area contributed by atoms with Crippen LogP contribution < -0.4 is 5.32 Å². The zero-order valence-corrected chi connectivity index (χ0v) is 13.5. The van der Waals surface area contributed by atoms with Gasteiger partial charge in [-0.1, -0.05) is 24.3 Å². The number of nitrogens with zero attached hydrogens (tertiary/aromatic N) is 1. The number of likely N-dealkylation sites (tertiary alicyclic amines) is 1. The fourth-order valence-electron chi connectivity index (χ4n) is 2.64. The van der Waals surface area contributed by atoms with E-state index in [-0.39, 0.29) is 37.7 Å². The van der Waals surface area contributed by atoms with Crippen LogP contribution in [0.4, 0.5) is 0 Å². The molecule has 1 fully saturated rings. The van der Waals surface area contributed by atoms with Crippen LogP contribution in [0.15, 0.2) is 47.1 Å². The molecule has 1 unspecified atom stereocenters. The minimum atomic E-state index is -0.889. The van der Waals surface area contributed by atoms with Gasteiger partial charge in [-0.15, -0.1) is 0 Å². The van der Waals surface area contributed by atoms with Crippen LogP contribution in [0.5, 0.6) is 0 Å². The molecule has 2 N–H and O–H groups in total. The first-order chi connectivity index (χ1) is 12.0. The number of amides is 3. The number of carbonyl (C=O) groups excluding carboxylic acids is 3. The summed E-state index contributed by atoms with van der Waals surface area (Å²) >= 11 is 0. The molecule has 1 aliphatic rings. The molecule has 7 nitrogen and oxygen atoms in total. The van der Waals surface area contributed by atoms with Gasteiger partial charge in [0.25, 0.3) is 0 Å². The van der Waals surface area contributed by atoms with E-state index in [9.17, 15) is 19.5 Å². The van der Waals surface area contributed by atoms with Gasteiger partial charge in [0.1, 0.15) is 12.3 Å². The predicted octanol–water partition coefficient (Wildman–Crippen LogP) is 1.25. The molecule has 2 aromatic rings. The molecule has 0 bridgehead atoms. The monoisotopic (exact) mass is 342 g/mol. The minimum Gasteiger partial charge on any atom is -0.464 e. The summed E-state index contributed by atoms with van der Waals surface area (Å²) in [7, 11) is 0. The summed E-state index contributed by atoms with van der Waals surface area (Å²) in [5.41, 5.74) is 1.53. The van der Waals surface area contributed by atoms with Gasteiger partial charge in [0, 0.05) is 24.9 Å². The maximum absolute atomic E-state index is 11.9. The Morgan fingerprint density at radius 2 is 1.84 bits per heavy atom. The van der Waals surface area contributed by atoms with E-state index in [1.54, 1.807) is 24.5 Å². The Hall–Kier alpha value is -2.93. The van der Waals surface area contributed by atoms with Crippen molar-refractivity contribution in [2.24, 2.45) is 0 Å². The highest BCUT2D eigenvalue weighted by Crippen LogP contribution is 2.22. The number of carbonyl (C=O) groups is 3. The molecule has 3 rings (SSSR count). The van der Waals surface area contributed by atoms with E-state index in [0.29, 0.717) is 5.56 Å². The molecule has 2 heterocycles. The highest BCUT2D eigenvalue weighted by atomic mass is 16.3. The highest BCUT2D eigenvalue weighted by molar-refractivity contribution is 6.04. The summed E-state index contributed by atoms with van der Waals surface area (Å²) in [6.07, 6.45) is 0.997. The van der Waals surface area contributed by atoms with Gasteiger partial charge in [-0.2, -0.15) is 0 Å². The molecule has 130 valence electrons. The molecule has 0 saturated carbocycles. The number of rotatable bonds is 6. The molecular weight excluding hydrogens is 324 g/mol. The fraction of sp³-hybridized carbons (Fsp3) is 0.278. The number of imide groups is 1. The van der Waals surface area contributed by atoms with E-state index in [4.69, 9.17) is 4.42 Å². The van der Waals surface area contributed by atoms with Gasteiger partial charge in [0.15, 0.2) is 0 Å². The van der Waals surface area contributed by atoms with E-state index in [0.717, 1.165) is 16.2 Å². The van der Waals surface area contributed by atoms with Crippen LogP contribution in [0.25, 0.3) is 11.3 Å². The van der Waals surface area contributed by atoms with Crippen molar-refractivity contribution in [1.29, 1.82) is 0 Å². The van der Waals surface area contributed by atoms with Crippen molar-refractivity contribution in [3.05, 3.63) is 48.2 Å². The van der Waals surface area contributed by atoms with E-state index in [2.05, 4.69) is 5.32 Å². The van der Waals surface area contributed by atoms with Crippen molar-refractivity contribution in [3.8, 4) is 11.3 Å². The Bertz CT molecular complexity index is 751. The molecule has 1 saturated heterocycles. The smallest absolute Gasteiger partial charge is 0.240 e. The van der Waals surface area contributed by atoms with Gasteiger partial charge in [0.2, 0.25) is 17.7 Å². The zero-order chi connectivity index (χ0) is 17.8. The molecule has 3 amide bonds. The first-order valence-corrected chi connectivity index (χ1v) is 7.96. The van der Waals surface area contributed by atoms with Gasteiger partial charge in [-0.3, -0.25) is 19.3 Å². The molecule has 0 aliphatic carbocycles.